The molecule has 5 nitrogen and oxygen atoms in total. The Bertz CT molecular complexity index is 936. The van der Waals surface area contributed by atoms with Crippen LogP contribution in [0.15, 0.2) is 40.9 Å². The third-order valence-corrected chi connectivity index (χ3v) is 3.93. The topological polar surface area (TPSA) is 68.0 Å². The lowest BCUT2D eigenvalue weighted by Gasteiger charge is -2.21. The van der Waals surface area contributed by atoms with Gasteiger partial charge < -0.3 is 9.84 Å². The summed E-state index contributed by atoms with van der Waals surface area (Å²) in [6, 6.07) is 8.37. The molecule has 0 unspecified atom stereocenters. The predicted octanol–water partition coefficient (Wildman–Crippen LogP) is 4.26. The Morgan fingerprint density at radius 3 is 2.58 bits per heavy atom. The molecule has 1 N–H and O–H groups in total. The number of carbonyl (C=O) groups excluding carboxylic acids is 1. The van der Waals surface area contributed by atoms with Gasteiger partial charge in [-0.05, 0) is 25.5 Å². The molecule has 0 spiro atoms. The fourth-order valence-corrected chi connectivity index (χ4v) is 2.80. The van der Waals surface area contributed by atoms with Crippen LogP contribution in [0.5, 0.6) is 0 Å². The molecule has 0 fully saturated rings. The zero-order valence-corrected chi connectivity index (χ0v) is 14.1. The molecule has 8 heteroatoms. The summed E-state index contributed by atoms with van der Waals surface area (Å²) in [6.07, 6.45) is -5.59. The van der Waals surface area contributed by atoms with Crippen LogP contribution in [-0.2, 0) is 0 Å². The summed E-state index contributed by atoms with van der Waals surface area (Å²) in [4.78, 5) is 16.9. The zero-order valence-electron chi connectivity index (χ0n) is 14.1. The molecule has 0 radical (unpaired) electrons. The van der Waals surface area contributed by atoms with E-state index in [9.17, 15) is 18.0 Å². The predicted molar refractivity (Wildman–Crippen MR) is 88.6 cm³/mol. The standard InChI is InChI=1S/C18H16F3N3O2/c1-10-8-13(15-11(2)24-26-17(15)22-10)16(25)23-14(9-18(19,20)21)12-6-4-3-5-7-12/h3-8,14H,9H2,1-2H3,(H,23,25)/t14-/m0/s1. The number of aryl methyl sites for hydroxylation is 2. The Balaban J connectivity index is 1.97. The molecule has 1 aromatic carbocycles. The average Bonchev–Trinajstić information content (AvgIpc) is 2.94. The summed E-state index contributed by atoms with van der Waals surface area (Å²) in [6.45, 7) is 3.31. The number of rotatable bonds is 4. The fraction of sp³-hybridized carbons (Fsp3) is 0.278. The van der Waals surface area contributed by atoms with Crippen molar-refractivity contribution in [1.29, 1.82) is 0 Å². The zero-order chi connectivity index (χ0) is 18.9. The minimum Gasteiger partial charge on any atom is -0.345 e. The maximum Gasteiger partial charge on any atom is 0.391 e. The second-order valence-corrected chi connectivity index (χ2v) is 6.02. The lowest BCUT2D eigenvalue weighted by Crippen LogP contribution is -2.32. The van der Waals surface area contributed by atoms with Crippen molar-refractivity contribution in [2.45, 2.75) is 32.5 Å². The second-order valence-electron chi connectivity index (χ2n) is 6.02. The fourth-order valence-electron chi connectivity index (χ4n) is 2.80. The van der Waals surface area contributed by atoms with Gasteiger partial charge in [0, 0.05) is 5.69 Å². The average molecular weight is 363 g/mol. The van der Waals surface area contributed by atoms with E-state index in [0.717, 1.165) is 0 Å². The van der Waals surface area contributed by atoms with Crippen molar-refractivity contribution in [2.24, 2.45) is 0 Å². The summed E-state index contributed by atoms with van der Waals surface area (Å²) in [5, 5.41) is 6.66. The van der Waals surface area contributed by atoms with Crippen molar-refractivity contribution in [3.8, 4) is 0 Å². The minimum absolute atomic E-state index is 0.180. The molecule has 2 aromatic heterocycles. The van der Waals surface area contributed by atoms with E-state index in [4.69, 9.17) is 4.52 Å². The van der Waals surface area contributed by atoms with Gasteiger partial charge >= 0.3 is 6.18 Å². The van der Waals surface area contributed by atoms with E-state index in [2.05, 4.69) is 15.5 Å². The smallest absolute Gasteiger partial charge is 0.345 e. The number of pyridine rings is 1. The highest BCUT2D eigenvalue weighted by atomic mass is 19.4. The number of aromatic nitrogens is 2. The maximum absolute atomic E-state index is 13.0. The lowest BCUT2D eigenvalue weighted by atomic mass is 10.0. The van der Waals surface area contributed by atoms with E-state index in [1.165, 1.54) is 6.07 Å². The van der Waals surface area contributed by atoms with Gasteiger partial charge in [-0.1, -0.05) is 35.5 Å². The number of nitrogens with zero attached hydrogens (tertiary/aromatic N) is 2. The molecule has 3 aromatic rings. The van der Waals surface area contributed by atoms with Crippen LogP contribution < -0.4 is 5.32 Å². The van der Waals surface area contributed by atoms with Gasteiger partial charge in [-0.25, -0.2) is 4.98 Å². The van der Waals surface area contributed by atoms with Crippen molar-refractivity contribution in [1.82, 2.24) is 15.5 Å². The van der Waals surface area contributed by atoms with Crippen molar-refractivity contribution < 1.29 is 22.5 Å². The number of hydrogen-bond donors (Lipinski definition) is 1. The number of amides is 1. The highest BCUT2D eigenvalue weighted by Crippen LogP contribution is 2.30. The van der Waals surface area contributed by atoms with Gasteiger partial charge in [0.2, 0.25) is 0 Å². The van der Waals surface area contributed by atoms with Gasteiger partial charge in [0.15, 0.2) is 0 Å². The minimum atomic E-state index is -4.43. The first-order chi connectivity index (χ1) is 12.2. The number of alkyl halides is 3. The van der Waals surface area contributed by atoms with Crippen molar-refractivity contribution in [2.75, 3.05) is 0 Å². The van der Waals surface area contributed by atoms with E-state index in [1.807, 2.05) is 0 Å². The largest absolute Gasteiger partial charge is 0.391 e. The number of carbonyl (C=O) groups is 1. The Morgan fingerprint density at radius 2 is 1.92 bits per heavy atom. The molecule has 0 aliphatic carbocycles. The van der Waals surface area contributed by atoms with E-state index >= 15 is 0 Å². The number of nitrogens with one attached hydrogen (secondary N) is 1. The number of hydrogen-bond acceptors (Lipinski definition) is 4. The molecule has 3 rings (SSSR count). The van der Waals surface area contributed by atoms with Crippen LogP contribution in [0.2, 0.25) is 0 Å². The summed E-state index contributed by atoms with van der Waals surface area (Å²) >= 11 is 0. The van der Waals surface area contributed by atoms with Gasteiger partial charge in [-0.3, -0.25) is 4.79 Å². The van der Waals surface area contributed by atoms with Gasteiger partial charge in [0.1, 0.15) is 0 Å². The Kier molecular flexibility index (Phi) is 4.67. The van der Waals surface area contributed by atoms with Gasteiger partial charge in [0.25, 0.3) is 11.6 Å². The van der Waals surface area contributed by atoms with Crippen LogP contribution in [0.3, 0.4) is 0 Å². The Morgan fingerprint density at radius 1 is 1.23 bits per heavy atom. The highest BCUT2D eigenvalue weighted by Gasteiger charge is 2.34. The quantitative estimate of drug-likeness (QED) is 0.752. The molecule has 1 atom stereocenters. The third kappa shape index (κ3) is 3.84. The second kappa shape index (κ2) is 6.78. The van der Waals surface area contributed by atoms with E-state index in [1.54, 1.807) is 44.2 Å². The molecule has 136 valence electrons. The van der Waals surface area contributed by atoms with Gasteiger partial charge in [0.05, 0.1) is 29.1 Å². The summed E-state index contributed by atoms with van der Waals surface area (Å²) in [5.41, 5.74) is 1.70. The van der Waals surface area contributed by atoms with E-state index in [-0.39, 0.29) is 11.3 Å². The summed E-state index contributed by atoms with van der Waals surface area (Å²) < 4.78 is 44.0. The number of benzene rings is 1. The van der Waals surface area contributed by atoms with Crippen LogP contribution in [-0.4, -0.2) is 22.2 Å². The van der Waals surface area contributed by atoms with Crippen LogP contribution in [0.1, 0.15) is 39.8 Å². The molecule has 1 amide bonds. The molecular formula is C18H16F3N3O2. The SMILES string of the molecule is Cc1cc(C(=O)N[C@@H](CC(F)(F)F)c2ccccc2)c2c(C)noc2n1. The monoisotopic (exact) mass is 363 g/mol. The molecule has 0 bridgehead atoms. The first-order valence-electron chi connectivity index (χ1n) is 7.91. The summed E-state index contributed by atoms with van der Waals surface area (Å²) in [5.74, 6) is -0.634. The first kappa shape index (κ1) is 17.9. The molecule has 0 aliphatic heterocycles. The Labute approximate surface area is 147 Å². The number of fused-ring (bicyclic) bond motifs is 1. The van der Waals surface area contributed by atoms with Gasteiger partial charge in [-0.15, -0.1) is 0 Å². The van der Waals surface area contributed by atoms with Crippen molar-refractivity contribution in [3.05, 3.63) is 58.9 Å². The molecule has 0 aliphatic rings. The van der Waals surface area contributed by atoms with Gasteiger partial charge in [-0.2, -0.15) is 13.2 Å². The lowest BCUT2D eigenvalue weighted by molar-refractivity contribution is -0.139. The first-order valence-corrected chi connectivity index (χ1v) is 7.91. The van der Waals surface area contributed by atoms with Crippen LogP contribution in [0, 0.1) is 13.8 Å². The molecule has 0 saturated carbocycles. The molecular weight excluding hydrogens is 347 g/mol. The van der Waals surface area contributed by atoms with E-state index in [0.29, 0.717) is 22.3 Å². The third-order valence-electron chi connectivity index (χ3n) is 3.93. The molecule has 2 heterocycles. The number of halogens is 3. The normalized spacial score (nSPS) is 13.0. The molecule has 26 heavy (non-hydrogen) atoms. The van der Waals surface area contributed by atoms with Crippen LogP contribution in [0.4, 0.5) is 13.2 Å². The highest BCUT2D eigenvalue weighted by molar-refractivity contribution is 6.06. The summed E-state index contributed by atoms with van der Waals surface area (Å²) in [7, 11) is 0. The van der Waals surface area contributed by atoms with Crippen molar-refractivity contribution >= 4 is 17.0 Å². The molecule has 0 saturated heterocycles. The van der Waals surface area contributed by atoms with E-state index < -0.39 is 24.5 Å². The Hall–Kier alpha value is -2.90. The van der Waals surface area contributed by atoms with Crippen molar-refractivity contribution in [3.63, 3.8) is 0 Å². The van der Waals surface area contributed by atoms with Crippen LogP contribution >= 0.6 is 0 Å². The van der Waals surface area contributed by atoms with Crippen LogP contribution in [0.25, 0.3) is 11.1 Å². The maximum atomic E-state index is 13.0.